The molecule has 2 aromatic heterocycles. The molecule has 0 aromatic carbocycles. The van der Waals surface area contributed by atoms with Crippen LogP contribution < -0.4 is 0 Å². The van der Waals surface area contributed by atoms with Crippen molar-refractivity contribution in [2.24, 2.45) is 0 Å². The van der Waals surface area contributed by atoms with Crippen molar-refractivity contribution in [3.05, 3.63) is 36.5 Å². The topological polar surface area (TPSA) is 59.2 Å². The van der Waals surface area contributed by atoms with Crippen molar-refractivity contribution in [3.8, 4) is 0 Å². The first kappa shape index (κ1) is 22.6. The van der Waals surface area contributed by atoms with Crippen molar-refractivity contribution in [3.63, 3.8) is 0 Å². The van der Waals surface area contributed by atoms with Crippen LogP contribution in [0.3, 0.4) is 0 Å². The van der Waals surface area contributed by atoms with E-state index < -0.39 is 6.10 Å². The Bertz CT molecular complexity index is 632. The molecule has 0 saturated heterocycles. The lowest BCUT2D eigenvalue weighted by atomic mass is 10.1. The molecule has 0 aliphatic carbocycles. The molecule has 2 rings (SSSR count). The molecule has 0 saturated carbocycles. The Balaban J connectivity index is 1.41. The molecule has 1 N–H and O–H groups in total. The van der Waals surface area contributed by atoms with Crippen molar-refractivity contribution >= 4 is 11.1 Å². The highest BCUT2D eigenvalue weighted by atomic mass is 16.4. The third-order valence-corrected chi connectivity index (χ3v) is 5.23. The summed E-state index contributed by atoms with van der Waals surface area (Å²) in [5, 5.41) is 10.2. The number of hydrogen-bond donors (Lipinski definition) is 1. The van der Waals surface area contributed by atoms with Crippen LogP contribution in [0, 0.1) is 0 Å². The van der Waals surface area contributed by atoms with Gasteiger partial charge in [-0.25, -0.2) is 4.98 Å². The molecule has 0 amide bonds. The van der Waals surface area contributed by atoms with Crippen LogP contribution in [0.2, 0.25) is 0 Å². The maximum absolute atomic E-state index is 10.2. The van der Waals surface area contributed by atoms with Gasteiger partial charge in [-0.05, 0) is 38.2 Å². The first-order chi connectivity index (χ1) is 13.8. The number of pyridine rings is 1. The maximum atomic E-state index is 10.2. The van der Waals surface area contributed by atoms with Gasteiger partial charge in [0.1, 0.15) is 11.6 Å². The van der Waals surface area contributed by atoms with Gasteiger partial charge >= 0.3 is 0 Å². The molecule has 4 nitrogen and oxygen atoms in total. The normalized spacial score (nSPS) is 12.9. The van der Waals surface area contributed by atoms with Crippen LogP contribution in [0.4, 0.5) is 0 Å². The van der Waals surface area contributed by atoms with Crippen LogP contribution in [0.5, 0.6) is 0 Å². The largest absolute Gasteiger partial charge is 0.436 e. The van der Waals surface area contributed by atoms with Gasteiger partial charge < -0.3 is 9.52 Å². The van der Waals surface area contributed by atoms with E-state index in [4.69, 9.17) is 4.42 Å². The lowest BCUT2D eigenvalue weighted by Gasteiger charge is -2.06. The van der Waals surface area contributed by atoms with Gasteiger partial charge in [0.2, 0.25) is 5.89 Å². The fourth-order valence-corrected chi connectivity index (χ4v) is 3.47. The summed E-state index contributed by atoms with van der Waals surface area (Å²) in [5.74, 6) is 0.415. The summed E-state index contributed by atoms with van der Waals surface area (Å²) in [6, 6.07) is 1.80. The van der Waals surface area contributed by atoms with E-state index in [1.165, 1.54) is 70.6 Å². The van der Waals surface area contributed by atoms with Crippen LogP contribution in [-0.4, -0.2) is 15.1 Å². The van der Waals surface area contributed by atoms with Crippen LogP contribution in [0.1, 0.15) is 109 Å². The zero-order chi connectivity index (χ0) is 19.9. The molecule has 28 heavy (non-hydrogen) atoms. The van der Waals surface area contributed by atoms with E-state index in [0.29, 0.717) is 17.9 Å². The number of aliphatic hydroxyl groups excluding tert-OH is 1. The molecule has 1 unspecified atom stereocenters. The molecule has 156 valence electrons. The molecule has 2 heterocycles. The second-order valence-electron chi connectivity index (χ2n) is 7.78. The number of nitrogens with zero attached hydrogens (tertiary/aromatic N) is 2. The average molecular weight is 387 g/mol. The predicted octanol–water partition coefficient (Wildman–Crippen LogP) is 7.29. The van der Waals surface area contributed by atoms with Crippen molar-refractivity contribution < 1.29 is 9.52 Å². The third-order valence-electron chi connectivity index (χ3n) is 5.23. The summed E-state index contributed by atoms with van der Waals surface area (Å²) in [5.41, 5.74) is 1.40. The summed E-state index contributed by atoms with van der Waals surface area (Å²) in [6.07, 6.45) is 24.8. The Morgan fingerprint density at radius 2 is 1.57 bits per heavy atom. The molecule has 0 fully saturated rings. The summed E-state index contributed by atoms with van der Waals surface area (Å²) in [4.78, 5) is 8.35. The number of rotatable bonds is 16. The first-order valence-corrected chi connectivity index (χ1v) is 11.3. The van der Waals surface area contributed by atoms with Gasteiger partial charge in [0.25, 0.3) is 0 Å². The van der Waals surface area contributed by atoms with Crippen LogP contribution in [0.15, 0.2) is 35.0 Å². The summed E-state index contributed by atoms with van der Waals surface area (Å²) in [6.45, 7) is 2.27. The fourth-order valence-electron chi connectivity index (χ4n) is 3.47. The van der Waals surface area contributed by atoms with Gasteiger partial charge in [0, 0.05) is 6.20 Å². The second-order valence-corrected chi connectivity index (χ2v) is 7.78. The Kier molecular flexibility index (Phi) is 11.6. The van der Waals surface area contributed by atoms with Crippen LogP contribution in [-0.2, 0) is 0 Å². The Labute approximate surface area is 170 Å². The highest BCUT2D eigenvalue weighted by Gasteiger charge is 2.14. The van der Waals surface area contributed by atoms with E-state index in [9.17, 15) is 5.11 Å². The third kappa shape index (κ3) is 9.01. The Morgan fingerprint density at radius 1 is 0.929 bits per heavy atom. The Morgan fingerprint density at radius 3 is 2.25 bits per heavy atom. The van der Waals surface area contributed by atoms with Gasteiger partial charge in [0.15, 0.2) is 5.58 Å². The van der Waals surface area contributed by atoms with E-state index in [1.54, 1.807) is 18.5 Å². The van der Waals surface area contributed by atoms with Gasteiger partial charge in [0.05, 0.1) is 6.20 Å². The minimum Gasteiger partial charge on any atom is -0.436 e. The quantitative estimate of drug-likeness (QED) is 0.243. The highest BCUT2D eigenvalue weighted by Crippen LogP contribution is 2.23. The number of aromatic nitrogens is 2. The number of oxazole rings is 1. The zero-order valence-electron chi connectivity index (χ0n) is 17.6. The summed E-state index contributed by atoms with van der Waals surface area (Å²) >= 11 is 0. The maximum Gasteiger partial charge on any atom is 0.224 e. The van der Waals surface area contributed by atoms with Gasteiger partial charge in [-0.15, -0.1) is 0 Å². The van der Waals surface area contributed by atoms with Crippen LogP contribution >= 0.6 is 0 Å². The molecule has 0 bridgehead atoms. The van der Waals surface area contributed by atoms with Gasteiger partial charge in [-0.2, -0.15) is 0 Å². The monoisotopic (exact) mass is 386 g/mol. The minimum absolute atomic E-state index is 0.415. The number of unbranched alkanes of at least 4 members (excludes halogenated alkanes) is 11. The second kappa shape index (κ2) is 14.3. The zero-order valence-corrected chi connectivity index (χ0v) is 17.6. The molecule has 1 atom stereocenters. The number of allylic oxidation sites excluding steroid dienone is 2. The smallest absolute Gasteiger partial charge is 0.224 e. The molecule has 0 aliphatic rings. The lowest BCUT2D eigenvalue weighted by Crippen LogP contribution is -1.97. The molecule has 0 aliphatic heterocycles. The summed E-state index contributed by atoms with van der Waals surface area (Å²) < 4.78 is 5.57. The van der Waals surface area contributed by atoms with E-state index in [2.05, 4.69) is 29.0 Å². The molecular weight excluding hydrogens is 348 g/mol. The lowest BCUT2D eigenvalue weighted by molar-refractivity contribution is 0.133. The van der Waals surface area contributed by atoms with Gasteiger partial charge in [-0.3, -0.25) is 4.98 Å². The standard InChI is InChI=1S/C24H38N2O2/c1-2-3-4-5-6-7-8-9-10-11-12-13-14-15-16-17-22(27)24-26-21-18-19-25-20-23(21)28-24/h9-10,18-20,22,27H,2-8,11-17H2,1H3. The highest BCUT2D eigenvalue weighted by molar-refractivity contribution is 5.70. The van der Waals surface area contributed by atoms with Gasteiger partial charge in [-0.1, -0.05) is 76.9 Å². The molecular formula is C24H38N2O2. The van der Waals surface area contributed by atoms with E-state index in [0.717, 1.165) is 18.4 Å². The predicted molar refractivity (Wildman–Crippen MR) is 116 cm³/mol. The van der Waals surface area contributed by atoms with Crippen molar-refractivity contribution in [1.82, 2.24) is 9.97 Å². The average Bonchev–Trinajstić information content (AvgIpc) is 3.15. The van der Waals surface area contributed by atoms with Crippen molar-refractivity contribution in [2.75, 3.05) is 0 Å². The number of aliphatic hydroxyl groups is 1. The number of hydrogen-bond acceptors (Lipinski definition) is 4. The molecule has 0 spiro atoms. The molecule has 0 radical (unpaired) electrons. The van der Waals surface area contributed by atoms with E-state index >= 15 is 0 Å². The van der Waals surface area contributed by atoms with E-state index in [1.807, 2.05) is 0 Å². The van der Waals surface area contributed by atoms with Crippen LogP contribution in [0.25, 0.3) is 11.1 Å². The van der Waals surface area contributed by atoms with Crippen molar-refractivity contribution in [2.45, 2.75) is 103 Å². The fraction of sp³-hybridized carbons (Fsp3) is 0.667. The molecule has 4 heteroatoms. The first-order valence-electron chi connectivity index (χ1n) is 11.3. The Hall–Kier alpha value is -1.68. The minimum atomic E-state index is -0.614. The number of fused-ring (bicyclic) bond motifs is 1. The molecule has 2 aromatic rings. The SMILES string of the molecule is CCCCCCCCC=CCCCCCCCC(O)c1nc2ccncc2o1. The van der Waals surface area contributed by atoms with Crippen molar-refractivity contribution in [1.29, 1.82) is 0 Å². The summed E-state index contributed by atoms with van der Waals surface area (Å²) in [7, 11) is 0. The van der Waals surface area contributed by atoms with E-state index in [-0.39, 0.29) is 0 Å².